The van der Waals surface area contributed by atoms with Gasteiger partial charge in [0.15, 0.2) is 12.2 Å². The Balaban J connectivity index is 1.45. The summed E-state index contributed by atoms with van der Waals surface area (Å²) >= 11 is 0. The minimum Gasteiger partial charge on any atom is -0.484 e. The lowest BCUT2D eigenvalue weighted by Crippen LogP contribution is -2.21. The molecule has 6 nitrogen and oxygen atoms in total. The van der Waals surface area contributed by atoms with Crippen LogP contribution in [0, 0.1) is 0 Å². The highest BCUT2D eigenvalue weighted by Gasteiger charge is 2.11. The van der Waals surface area contributed by atoms with Gasteiger partial charge in [-0.3, -0.25) is 4.79 Å². The van der Waals surface area contributed by atoms with E-state index < -0.39 is 0 Å². The predicted molar refractivity (Wildman–Crippen MR) is 124 cm³/mol. The first kappa shape index (κ1) is 20.5. The lowest BCUT2D eigenvalue weighted by Gasteiger charge is -2.20. The molecular weight excluding hydrogens is 390 g/mol. The van der Waals surface area contributed by atoms with E-state index in [0.29, 0.717) is 28.4 Å². The molecule has 0 aliphatic heterocycles. The number of ether oxygens (including phenoxy) is 1. The van der Waals surface area contributed by atoms with E-state index in [1.165, 1.54) is 5.69 Å². The summed E-state index contributed by atoms with van der Waals surface area (Å²) in [5.41, 5.74) is 4.08. The monoisotopic (exact) mass is 415 g/mol. The molecule has 0 unspecified atom stereocenters. The van der Waals surface area contributed by atoms with Crippen LogP contribution < -0.4 is 15.0 Å². The minimum absolute atomic E-state index is 0.0645. The Morgan fingerprint density at radius 2 is 1.74 bits per heavy atom. The molecule has 1 N–H and O–H groups in total. The second kappa shape index (κ2) is 9.34. The van der Waals surface area contributed by atoms with Gasteiger partial charge in [-0.25, -0.2) is 4.98 Å². The van der Waals surface area contributed by atoms with E-state index in [1.807, 2.05) is 48.5 Å². The minimum atomic E-state index is -0.237. The van der Waals surface area contributed by atoms with E-state index in [-0.39, 0.29) is 12.5 Å². The van der Waals surface area contributed by atoms with Gasteiger partial charge in [0.1, 0.15) is 11.3 Å². The molecule has 0 atom stereocenters. The van der Waals surface area contributed by atoms with Crippen LogP contribution in [0.25, 0.3) is 22.6 Å². The van der Waals surface area contributed by atoms with Gasteiger partial charge in [0.2, 0.25) is 5.89 Å². The molecule has 0 radical (unpaired) electrons. The van der Waals surface area contributed by atoms with Crippen LogP contribution in [0.4, 0.5) is 11.4 Å². The topological polar surface area (TPSA) is 67.6 Å². The predicted octanol–water partition coefficient (Wildman–Crippen LogP) is 5.36. The standard InChI is InChI=1S/C25H25N3O3/c1-3-28(4-2)20-13-10-18(11-14-20)25-27-22-16-19(12-15-23(22)31-25)26-24(29)17-30-21-8-6-5-7-9-21/h5-16H,3-4,17H2,1-2H3,(H,26,29). The Labute approximate surface area is 181 Å². The largest absolute Gasteiger partial charge is 0.484 e. The maximum absolute atomic E-state index is 12.2. The number of oxazole rings is 1. The molecule has 0 aliphatic rings. The van der Waals surface area contributed by atoms with Crippen LogP contribution in [-0.2, 0) is 4.79 Å². The van der Waals surface area contributed by atoms with E-state index in [2.05, 4.69) is 41.2 Å². The molecular formula is C25H25N3O3. The van der Waals surface area contributed by atoms with Gasteiger partial charge in [-0.1, -0.05) is 18.2 Å². The van der Waals surface area contributed by atoms with E-state index in [1.54, 1.807) is 12.1 Å². The normalized spacial score (nSPS) is 10.8. The van der Waals surface area contributed by atoms with Crippen LogP contribution in [0.5, 0.6) is 5.75 Å². The third kappa shape index (κ3) is 4.86. The Morgan fingerprint density at radius 3 is 2.45 bits per heavy atom. The van der Waals surface area contributed by atoms with Gasteiger partial charge in [-0.05, 0) is 68.4 Å². The summed E-state index contributed by atoms with van der Waals surface area (Å²) in [4.78, 5) is 19.1. The smallest absolute Gasteiger partial charge is 0.262 e. The van der Waals surface area contributed by atoms with Gasteiger partial charge < -0.3 is 19.4 Å². The van der Waals surface area contributed by atoms with Crippen LogP contribution >= 0.6 is 0 Å². The first-order chi connectivity index (χ1) is 15.2. The first-order valence-electron chi connectivity index (χ1n) is 10.4. The molecule has 0 bridgehead atoms. The van der Waals surface area contributed by atoms with E-state index >= 15 is 0 Å². The van der Waals surface area contributed by atoms with Crippen molar-refractivity contribution in [3.05, 3.63) is 72.8 Å². The van der Waals surface area contributed by atoms with E-state index in [4.69, 9.17) is 9.15 Å². The fraction of sp³-hybridized carbons (Fsp3) is 0.200. The molecule has 31 heavy (non-hydrogen) atoms. The maximum Gasteiger partial charge on any atom is 0.262 e. The highest BCUT2D eigenvalue weighted by Crippen LogP contribution is 2.28. The van der Waals surface area contributed by atoms with Gasteiger partial charge in [0, 0.05) is 30.0 Å². The summed E-state index contributed by atoms with van der Waals surface area (Å²) in [6.45, 7) is 6.14. The number of benzene rings is 3. The van der Waals surface area contributed by atoms with Crippen molar-refractivity contribution in [1.82, 2.24) is 4.98 Å². The molecule has 3 aromatic carbocycles. The number of anilines is 2. The van der Waals surface area contributed by atoms with Crippen molar-refractivity contribution < 1.29 is 13.9 Å². The number of hydrogen-bond donors (Lipinski definition) is 1. The molecule has 4 rings (SSSR count). The number of hydrogen-bond acceptors (Lipinski definition) is 5. The number of carbonyl (C=O) groups excluding carboxylic acids is 1. The highest BCUT2D eigenvalue weighted by molar-refractivity contribution is 5.94. The number of carbonyl (C=O) groups is 1. The van der Waals surface area contributed by atoms with Gasteiger partial charge >= 0.3 is 0 Å². The molecule has 158 valence electrons. The Hall–Kier alpha value is -3.80. The summed E-state index contributed by atoms with van der Waals surface area (Å²) in [5.74, 6) is 0.970. The molecule has 4 aromatic rings. The van der Waals surface area contributed by atoms with Crippen LogP contribution in [0.1, 0.15) is 13.8 Å². The van der Waals surface area contributed by atoms with Crippen molar-refractivity contribution in [2.24, 2.45) is 0 Å². The SMILES string of the molecule is CCN(CC)c1ccc(-c2nc3cc(NC(=O)COc4ccccc4)ccc3o2)cc1. The zero-order chi connectivity index (χ0) is 21.6. The summed E-state index contributed by atoms with van der Waals surface area (Å²) in [6, 6.07) is 22.8. The molecule has 1 amide bonds. The van der Waals surface area contributed by atoms with Gasteiger partial charge in [-0.2, -0.15) is 0 Å². The fourth-order valence-corrected chi connectivity index (χ4v) is 3.39. The van der Waals surface area contributed by atoms with Crippen LogP contribution in [0.3, 0.4) is 0 Å². The van der Waals surface area contributed by atoms with Gasteiger partial charge in [-0.15, -0.1) is 0 Å². The zero-order valence-corrected chi connectivity index (χ0v) is 17.7. The van der Waals surface area contributed by atoms with Crippen LogP contribution in [-0.4, -0.2) is 30.6 Å². The number of nitrogens with zero attached hydrogens (tertiary/aromatic N) is 2. The quantitative estimate of drug-likeness (QED) is 0.420. The molecule has 0 fully saturated rings. The van der Waals surface area contributed by atoms with Gasteiger partial charge in [0.05, 0.1) is 0 Å². The number of fused-ring (bicyclic) bond motifs is 1. The number of amides is 1. The average Bonchev–Trinajstić information content (AvgIpc) is 3.23. The fourth-order valence-electron chi connectivity index (χ4n) is 3.39. The molecule has 0 saturated carbocycles. The Kier molecular flexibility index (Phi) is 6.17. The second-order valence-electron chi connectivity index (χ2n) is 7.07. The summed E-state index contributed by atoms with van der Waals surface area (Å²) in [7, 11) is 0. The Bertz CT molecular complexity index is 1150. The molecule has 0 aliphatic carbocycles. The van der Waals surface area contributed by atoms with Crippen molar-refractivity contribution in [3.63, 3.8) is 0 Å². The zero-order valence-electron chi connectivity index (χ0n) is 17.7. The second-order valence-corrected chi connectivity index (χ2v) is 7.07. The molecule has 0 spiro atoms. The van der Waals surface area contributed by atoms with Crippen molar-refractivity contribution in [2.45, 2.75) is 13.8 Å². The van der Waals surface area contributed by atoms with Crippen molar-refractivity contribution in [3.8, 4) is 17.2 Å². The molecule has 0 saturated heterocycles. The van der Waals surface area contributed by atoms with Crippen molar-refractivity contribution in [1.29, 1.82) is 0 Å². The third-order valence-electron chi connectivity index (χ3n) is 5.03. The number of nitrogens with one attached hydrogen (secondary N) is 1. The van der Waals surface area contributed by atoms with Crippen LogP contribution in [0.15, 0.2) is 77.2 Å². The lowest BCUT2D eigenvalue weighted by atomic mass is 10.2. The summed E-state index contributed by atoms with van der Waals surface area (Å²) < 4.78 is 11.4. The van der Waals surface area contributed by atoms with Crippen molar-refractivity contribution >= 4 is 28.4 Å². The number of rotatable bonds is 8. The van der Waals surface area contributed by atoms with E-state index in [0.717, 1.165) is 18.7 Å². The molecule has 1 heterocycles. The van der Waals surface area contributed by atoms with Crippen molar-refractivity contribution in [2.75, 3.05) is 29.9 Å². The highest BCUT2D eigenvalue weighted by atomic mass is 16.5. The van der Waals surface area contributed by atoms with Gasteiger partial charge in [0.25, 0.3) is 5.91 Å². The number of para-hydroxylation sites is 1. The summed E-state index contributed by atoms with van der Waals surface area (Å²) in [6.07, 6.45) is 0. The van der Waals surface area contributed by atoms with E-state index in [9.17, 15) is 4.79 Å². The molecule has 1 aromatic heterocycles. The Morgan fingerprint density at radius 1 is 1.00 bits per heavy atom. The lowest BCUT2D eigenvalue weighted by molar-refractivity contribution is -0.118. The summed E-state index contributed by atoms with van der Waals surface area (Å²) in [5, 5.41) is 2.84. The third-order valence-corrected chi connectivity index (χ3v) is 5.03. The maximum atomic E-state index is 12.2. The first-order valence-corrected chi connectivity index (χ1v) is 10.4. The van der Waals surface area contributed by atoms with Crippen LogP contribution in [0.2, 0.25) is 0 Å². The molecule has 6 heteroatoms. The average molecular weight is 415 g/mol. The number of aromatic nitrogens is 1.